The van der Waals surface area contributed by atoms with Crippen LogP contribution >= 0.6 is 0 Å². The van der Waals surface area contributed by atoms with E-state index < -0.39 is 0 Å². The van der Waals surface area contributed by atoms with E-state index in [4.69, 9.17) is 14.7 Å². The Morgan fingerprint density at radius 3 is 2.90 bits per heavy atom. The Bertz CT molecular complexity index is 1180. The number of morpholine rings is 1. The number of fused-ring (bicyclic) bond motifs is 1. The van der Waals surface area contributed by atoms with Gasteiger partial charge in [-0.15, -0.1) is 0 Å². The quantitative estimate of drug-likeness (QED) is 0.580. The zero-order chi connectivity index (χ0) is 20.0. The van der Waals surface area contributed by atoms with Gasteiger partial charge in [-0.05, 0) is 26.0 Å². The largest absolute Gasteiger partial charge is 0.377 e. The van der Waals surface area contributed by atoms with Gasteiger partial charge in [0.2, 0.25) is 0 Å². The fourth-order valence-electron chi connectivity index (χ4n) is 3.91. The molecule has 1 aliphatic rings. The second-order valence-electron chi connectivity index (χ2n) is 7.45. The van der Waals surface area contributed by atoms with E-state index in [1.54, 1.807) is 6.20 Å². The van der Waals surface area contributed by atoms with Crippen LogP contribution in [0.15, 0.2) is 36.8 Å². The van der Waals surface area contributed by atoms with Crippen molar-refractivity contribution in [3.63, 3.8) is 0 Å². The maximum Gasteiger partial charge on any atom is 0.162 e. The molecular formula is C21H23N7O. The molecule has 0 aliphatic carbocycles. The number of hydrogen-bond acceptors (Lipinski definition) is 6. The third kappa shape index (κ3) is 3.15. The smallest absolute Gasteiger partial charge is 0.162 e. The number of aryl methyl sites for hydroxylation is 2. The molecule has 0 amide bonds. The summed E-state index contributed by atoms with van der Waals surface area (Å²) in [6.45, 7) is 6.36. The lowest BCUT2D eigenvalue weighted by Gasteiger charge is -2.34. The van der Waals surface area contributed by atoms with Crippen LogP contribution in [0.1, 0.15) is 12.6 Å². The monoisotopic (exact) mass is 389 g/mol. The van der Waals surface area contributed by atoms with Gasteiger partial charge >= 0.3 is 0 Å². The molecule has 0 saturated carbocycles. The Hall–Kier alpha value is -3.26. The molecule has 1 aliphatic heterocycles. The number of nitrogens with zero attached hydrogens (tertiary/aromatic N) is 6. The van der Waals surface area contributed by atoms with Crippen LogP contribution in [0.2, 0.25) is 0 Å². The van der Waals surface area contributed by atoms with E-state index in [1.165, 1.54) is 0 Å². The third-order valence-corrected chi connectivity index (χ3v) is 5.37. The minimum atomic E-state index is 0.249. The van der Waals surface area contributed by atoms with Gasteiger partial charge in [-0.2, -0.15) is 5.10 Å². The number of aromatic amines is 1. The molecule has 0 spiro atoms. The molecule has 5 heterocycles. The molecule has 0 bridgehead atoms. The molecule has 1 saturated heterocycles. The summed E-state index contributed by atoms with van der Waals surface area (Å²) in [5.74, 6) is 1.59. The number of pyridine rings is 1. The first-order valence-electron chi connectivity index (χ1n) is 9.76. The highest BCUT2D eigenvalue weighted by molar-refractivity contribution is 5.91. The van der Waals surface area contributed by atoms with Crippen LogP contribution in [-0.2, 0) is 11.8 Å². The van der Waals surface area contributed by atoms with Crippen molar-refractivity contribution in [3.8, 4) is 22.6 Å². The van der Waals surface area contributed by atoms with E-state index in [9.17, 15) is 0 Å². The molecular weight excluding hydrogens is 366 g/mol. The number of aromatic nitrogens is 6. The SMILES string of the molecule is Cc1nn(C)cc1-c1cc(N2CCOC[C@H]2C)nc(-c2ccnc3[nH]ccc23)n1. The van der Waals surface area contributed by atoms with E-state index in [0.717, 1.165) is 45.9 Å². The topological polar surface area (TPSA) is 84.8 Å². The molecule has 8 heteroatoms. The minimum Gasteiger partial charge on any atom is -0.377 e. The number of H-pyrrole nitrogens is 1. The first-order valence-corrected chi connectivity index (χ1v) is 9.76. The summed E-state index contributed by atoms with van der Waals surface area (Å²) in [6.07, 6.45) is 5.68. The van der Waals surface area contributed by atoms with Crippen LogP contribution in [-0.4, -0.2) is 55.5 Å². The van der Waals surface area contributed by atoms with Crippen LogP contribution in [0.25, 0.3) is 33.7 Å². The van der Waals surface area contributed by atoms with Gasteiger partial charge in [0.25, 0.3) is 0 Å². The zero-order valence-electron chi connectivity index (χ0n) is 16.8. The molecule has 4 aromatic heterocycles. The predicted molar refractivity (Wildman–Crippen MR) is 112 cm³/mol. The van der Waals surface area contributed by atoms with Gasteiger partial charge in [-0.25, -0.2) is 15.0 Å². The van der Waals surface area contributed by atoms with Crippen molar-refractivity contribution in [3.05, 3.63) is 42.5 Å². The number of ether oxygens (including phenoxy) is 1. The van der Waals surface area contributed by atoms with Gasteiger partial charge < -0.3 is 14.6 Å². The van der Waals surface area contributed by atoms with E-state index in [0.29, 0.717) is 19.0 Å². The molecule has 4 aromatic rings. The van der Waals surface area contributed by atoms with Gasteiger partial charge in [0.05, 0.1) is 30.6 Å². The summed E-state index contributed by atoms with van der Waals surface area (Å²) < 4.78 is 7.44. The van der Waals surface area contributed by atoms with Crippen LogP contribution in [0, 0.1) is 6.92 Å². The fraction of sp³-hybridized carbons (Fsp3) is 0.333. The average molecular weight is 389 g/mol. The van der Waals surface area contributed by atoms with Crippen molar-refractivity contribution in [2.75, 3.05) is 24.7 Å². The standard InChI is InChI=1S/C21H23N7O/c1-13-12-29-9-8-28(13)19-10-18(17-11-27(3)26-14(17)2)24-21(25-19)16-5-7-23-20-15(16)4-6-22-20/h4-7,10-11,13H,8-9,12H2,1-3H3,(H,22,23)/t13-/m1/s1. The zero-order valence-corrected chi connectivity index (χ0v) is 16.8. The van der Waals surface area contributed by atoms with Crippen molar-refractivity contribution < 1.29 is 4.74 Å². The first-order chi connectivity index (χ1) is 14.1. The van der Waals surface area contributed by atoms with Crippen LogP contribution in [0.3, 0.4) is 0 Å². The number of anilines is 1. The van der Waals surface area contributed by atoms with Gasteiger partial charge in [-0.3, -0.25) is 4.68 Å². The summed E-state index contributed by atoms with van der Waals surface area (Å²) in [7, 11) is 1.93. The molecule has 29 heavy (non-hydrogen) atoms. The van der Waals surface area contributed by atoms with Gasteiger partial charge in [0.15, 0.2) is 5.82 Å². The summed E-state index contributed by atoms with van der Waals surface area (Å²) in [5, 5.41) is 5.50. The molecule has 0 radical (unpaired) electrons. The molecule has 1 N–H and O–H groups in total. The van der Waals surface area contributed by atoms with Crippen LogP contribution in [0.4, 0.5) is 5.82 Å². The Kier molecular flexibility index (Phi) is 4.28. The number of hydrogen-bond donors (Lipinski definition) is 1. The molecule has 1 atom stereocenters. The van der Waals surface area contributed by atoms with Crippen molar-refractivity contribution in [2.45, 2.75) is 19.9 Å². The summed E-state index contributed by atoms with van der Waals surface area (Å²) in [6, 6.07) is 6.29. The molecule has 1 fully saturated rings. The Labute approximate surface area is 168 Å². The van der Waals surface area contributed by atoms with Gasteiger partial charge in [0, 0.05) is 54.8 Å². The maximum absolute atomic E-state index is 5.62. The Morgan fingerprint density at radius 2 is 2.10 bits per heavy atom. The minimum absolute atomic E-state index is 0.249. The molecule has 5 rings (SSSR count). The van der Waals surface area contributed by atoms with Crippen LogP contribution < -0.4 is 4.90 Å². The van der Waals surface area contributed by atoms with E-state index in [2.05, 4.69) is 33.0 Å². The summed E-state index contributed by atoms with van der Waals surface area (Å²) in [4.78, 5) is 19.7. The lowest BCUT2D eigenvalue weighted by molar-refractivity contribution is 0.0985. The second kappa shape index (κ2) is 6.97. The van der Waals surface area contributed by atoms with Gasteiger partial charge in [-0.1, -0.05) is 0 Å². The van der Waals surface area contributed by atoms with Crippen LogP contribution in [0.5, 0.6) is 0 Å². The van der Waals surface area contributed by atoms with Crippen molar-refractivity contribution in [1.82, 2.24) is 29.7 Å². The lowest BCUT2D eigenvalue weighted by Crippen LogP contribution is -2.44. The Balaban J connectivity index is 1.72. The normalized spacial score (nSPS) is 17.2. The van der Waals surface area contributed by atoms with Crippen molar-refractivity contribution >= 4 is 16.9 Å². The molecule has 0 aromatic carbocycles. The second-order valence-corrected chi connectivity index (χ2v) is 7.45. The van der Waals surface area contributed by atoms with E-state index >= 15 is 0 Å². The predicted octanol–water partition coefficient (Wildman–Crippen LogP) is 2.95. The number of rotatable bonds is 3. The highest BCUT2D eigenvalue weighted by atomic mass is 16.5. The van der Waals surface area contributed by atoms with Gasteiger partial charge in [0.1, 0.15) is 11.5 Å². The van der Waals surface area contributed by atoms with Crippen molar-refractivity contribution in [2.24, 2.45) is 7.05 Å². The summed E-state index contributed by atoms with van der Waals surface area (Å²) >= 11 is 0. The average Bonchev–Trinajstić information content (AvgIpc) is 3.33. The first kappa shape index (κ1) is 17.8. The molecule has 148 valence electrons. The highest BCUT2D eigenvalue weighted by Crippen LogP contribution is 2.31. The summed E-state index contributed by atoms with van der Waals surface area (Å²) in [5.41, 5.74) is 4.62. The number of nitrogens with one attached hydrogen (secondary N) is 1. The van der Waals surface area contributed by atoms with E-state index in [1.807, 2.05) is 43.2 Å². The van der Waals surface area contributed by atoms with Crippen molar-refractivity contribution in [1.29, 1.82) is 0 Å². The Morgan fingerprint density at radius 1 is 1.21 bits per heavy atom. The van der Waals surface area contributed by atoms with E-state index in [-0.39, 0.29) is 6.04 Å². The maximum atomic E-state index is 5.62. The lowest BCUT2D eigenvalue weighted by atomic mass is 10.1. The fourth-order valence-corrected chi connectivity index (χ4v) is 3.91. The molecule has 0 unspecified atom stereocenters. The highest BCUT2D eigenvalue weighted by Gasteiger charge is 2.23. The molecule has 8 nitrogen and oxygen atoms in total. The third-order valence-electron chi connectivity index (χ3n) is 5.37.